The number of hydrogen-bond acceptors (Lipinski definition) is 3. The molecule has 2 saturated carbocycles. The normalized spacial score (nSPS) is 30.4. The standard InChI is InChI=1S/C14H20N2O2/c1-8-13(18-9(2)15-8)14(17)16-12-7-6-10-4-3-5-11(10)12/h10-12H,3-7H2,1-2H3,(H,16,17)/t10-,11-,12-/m0/s1. The monoisotopic (exact) mass is 248 g/mol. The highest BCUT2D eigenvalue weighted by molar-refractivity contribution is 5.92. The lowest BCUT2D eigenvalue weighted by Gasteiger charge is -2.19. The molecule has 1 N–H and O–H groups in total. The largest absolute Gasteiger partial charge is 0.436 e. The van der Waals surface area contributed by atoms with E-state index in [1.165, 1.54) is 25.7 Å². The molecule has 1 aromatic rings. The van der Waals surface area contributed by atoms with E-state index < -0.39 is 0 Å². The van der Waals surface area contributed by atoms with E-state index in [4.69, 9.17) is 4.42 Å². The van der Waals surface area contributed by atoms with Crippen LogP contribution in [0.5, 0.6) is 0 Å². The van der Waals surface area contributed by atoms with Crippen LogP contribution in [0, 0.1) is 25.7 Å². The van der Waals surface area contributed by atoms with Gasteiger partial charge in [-0.05, 0) is 38.0 Å². The van der Waals surface area contributed by atoms with Crippen LogP contribution in [-0.4, -0.2) is 16.9 Å². The summed E-state index contributed by atoms with van der Waals surface area (Å²) < 4.78 is 5.37. The van der Waals surface area contributed by atoms with Gasteiger partial charge in [0.2, 0.25) is 5.76 Å². The number of rotatable bonds is 2. The average molecular weight is 248 g/mol. The van der Waals surface area contributed by atoms with Gasteiger partial charge >= 0.3 is 0 Å². The van der Waals surface area contributed by atoms with Gasteiger partial charge in [0.05, 0.1) is 5.69 Å². The molecule has 18 heavy (non-hydrogen) atoms. The van der Waals surface area contributed by atoms with Crippen LogP contribution in [0.4, 0.5) is 0 Å². The molecule has 1 amide bonds. The van der Waals surface area contributed by atoms with Crippen molar-refractivity contribution in [1.82, 2.24) is 10.3 Å². The summed E-state index contributed by atoms with van der Waals surface area (Å²) in [5, 5.41) is 3.15. The molecule has 0 saturated heterocycles. The van der Waals surface area contributed by atoms with Crippen LogP contribution in [-0.2, 0) is 0 Å². The molecule has 1 heterocycles. The second kappa shape index (κ2) is 4.41. The first-order chi connectivity index (χ1) is 8.65. The van der Waals surface area contributed by atoms with Crippen molar-refractivity contribution in [3.63, 3.8) is 0 Å². The summed E-state index contributed by atoms with van der Waals surface area (Å²) in [6, 6.07) is 0.342. The number of fused-ring (bicyclic) bond motifs is 1. The first kappa shape index (κ1) is 11.8. The minimum Gasteiger partial charge on any atom is -0.436 e. The maximum Gasteiger partial charge on any atom is 0.289 e. The molecule has 2 fully saturated rings. The molecule has 3 rings (SSSR count). The second-order valence-electron chi connectivity index (χ2n) is 5.66. The lowest BCUT2D eigenvalue weighted by Crippen LogP contribution is -2.37. The Kier molecular flexibility index (Phi) is 2.88. The molecular formula is C14H20N2O2. The number of hydrogen-bond donors (Lipinski definition) is 1. The van der Waals surface area contributed by atoms with E-state index in [1.54, 1.807) is 6.92 Å². The van der Waals surface area contributed by atoms with Gasteiger partial charge in [-0.1, -0.05) is 12.8 Å². The SMILES string of the molecule is Cc1nc(C)c(C(=O)N[C@H]2CC[C@@H]3CCC[C@@H]32)o1. The third-order valence-electron chi connectivity index (χ3n) is 4.51. The quantitative estimate of drug-likeness (QED) is 0.875. The Morgan fingerprint density at radius 1 is 1.28 bits per heavy atom. The lowest BCUT2D eigenvalue weighted by molar-refractivity contribution is 0.0896. The smallest absolute Gasteiger partial charge is 0.289 e. The molecule has 98 valence electrons. The molecule has 0 spiro atoms. The Hall–Kier alpha value is -1.32. The molecule has 0 radical (unpaired) electrons. The number of amides is 1. The Labute approximate surface area is 107 Å². The molecule has 0 aliphatic heterocycles. The highest BCUT2D eigenvalue weighted by Gasteiger charge is 2.40. The first-order valence-electron chi connectivity index (χ1n) is 6.90. The average Bonchev–Trinajstić information content (AvgIpc) is 2.96. The predicted octanol–water partition coefficient (Wildman–Crippen LogP) is 2.60. The summed E-state index contributed by atoms with van der Waals surface area (Å²) in [5.74, 6) is 2.38. The van der Waals surface area contributed by atoms with Crippen LogP contribution in [0.25, 0.3) is 0 Å². The van der Waals surface area contributed by atoms with Crippen LogP contribution in [0.15, 0.2) is 4.42 Å². The van der Waals surface area contributed by atoms with Gasteiger partial charge in [0.1, 0.15) is 0 Å². The van der Waals surface area contributed by atoms with E-state index in [2.05, 4.69) is 10.3 Å². The zero-order chi connectivity index (χ0) is 12.7. The van der Waals surface area contributed by atoms with E-state index in [9.17, 15) is 4.79 Å². The van der Waals surface area contributed by atoms with Gasteiger partial charge in [-0.25, -0.2) is 4.98 Å². The Bertz CT molecular complexity index is 466. The van der Waals surface area contributed by atoms with Gasteiger partial charge in [-0.3, -0.25) is 4.79 Å². The highest BCUT2D eigenvalue weighted by Crippen LogP contribution is 2.44. The highest BCUT2D eigenvalue weighted by atomic mass is 16.4. The van der Waals surface area contributed by atoms with Crippen LogP contribution in [0.2, 0.25) is 0 Å². The second-order valence-corrected chi connectivity index (χ2v) is 5.66. The van der Waals surface area contributed by atoms with Crippen LogP contribution >= 0.6 is 0 Å². The van der Waals surface area contributed by atoms with Gasteiger partial charge in [0.15, 0.2) is 5.89 Å². The number of aromatic nitrogens is 1. The number of nitrogens with one attached hydrogen (secondary N) is 1. The first-order valence-corrected chi connectivity index (χ1v) is 6.90. The minimum atomic E-state index is -0.0920. The van der Waals surface area contributed by atoms with Crippen molar-refractivity contribution in [2.75, 3.05) is 0 Å². The Balaban J connectivity index is 1.69. The van der Waals surface area contributed by atoms with E-state index >= 15 is 0 Å². The minimum absolute atomic E-state index is 0.0920. The summed E-state index contributed by atoms with van der Waals surface area (Å²) in [7, 11) is 0. The molecule has 1 aromatic heterocycles. The van der Waals surface area contributed by atoms with Gasteiger partial charge in [0.25, 0.3) is 5.91 Å². The number of aryl methyl sites for hydroxylation is 2. The van der Waals surface area contributed by atoms with Gasteiger partial charge < -0.3 is 9.73 Å². The summed E-state index contributed by atoms with van der Waals surface area (Å²) in [6.07, 6.45) is 6.32. The third-order valence-corrected chi connectivity index (χ3v) is 4.51. The van der Waals surface area contributed by atoms with Crippen molar-refractivity contribution in [2.24, 2.45) is 11.8 Å². The maximum absolute atomic E-state index is 12.2. The van der Waals surface area contributed by atoms with Crippen molar-refractivity contribution >= 4 is 5.91 Å². The summed E-state index contributed by atoms with van der Waals surface area (Å²) in [6.45, 7) is 3.59. The summed E-state index contributed by atoms with van der Waals surface area (Å²) in [5.41, 5.74) is 0.686. The van der Waals surface area contributed by atoms with Crippen LogP contribution in [0.3, 0.4) is 0 Å². The molecular weight excluding hydrogens is 228 g/mol. The molecule has 4 nitrogen and oxygen atoms in total. The van der Waals surface area contributed by atoms with Crippen LogP contribution < -0.4 is 5.32 Å². The zero-order valence-electron chi connectivity index (χ0n) is 11.0. The molecule has 3 atom stereocenters. The fourth-order valence-corrected chi connectivity index (χ4v) is 3.72. The van der Waals surface area contributed by atoms with Crippen molar-refractivity contribution in [3.8, 4) is 0 Å². The lowest BCUT2D eigenvalue weighted by atomic mass is 9.97. The van der Waals surface area contributed by atoms with E-state index in [0.29, 0.717) is 29.3 Å². The number of nitrogens with zero attached hydrogens (tertiary/aromatic N) is 1. The van der Waals surface area contributed by atoms with E-state index in [1.807, 2.05) is 6.92 Å². The van der Waals surface area contributed by atoms with Gasteiger partial charge in [-0.2, -0.15) is 0 Å². The zero-order valence-corrected chi connectivity index (χ0v) is 11.0. The number of oxazole rings is 1. The topological polar surface area (TPSA) is 55.1 Å². The predicted molar refractivity (Wildman–Crippen MR) is 67.3 cm³/mol. The van der Waals surface area contributed by atoms with E-state index in [-0.39, 0.29) is 5.91 Å². The Morgan fingerprint density at radius 2 is 2.11 bits per heavy atom. The summed E-state index contributed by atoms with van der Waals surface area (Å²) >= 11 is 0. The molecule has 0 bridgehead atoms. The van der Waals surface area contributed by atoms with Gasteiger partial charge in [-0.15, -0.1) is 0 Å². The molecule has 4 heteroatoms. The van der Waals surface area contributed by atoms with Crippen LogP contribution in [0.1, 0.15) is 54.2 Å². The van der Waals surface area contributed by atoms with Crippen molar-refractivity contribution in [2.45, 2.75) is 52.0 Å². The van der Waals surface area contributed by atoms with E-state index in [0.717, 1.165) is 12.3 Å². The van der Waals surface area contributed by atoms with Gasteiger partial charge in [0, 0.05) is 13.0 Å². The number of carbonyl (C=O) groups is 1. The van der Waals surface area contributed by atoms with Crippen molar-refractivity contribution < 1.29 is 9.21 Å². The number of carbonyl (C=O) groups excluding carboxylic acids is 1. The third kappa shape index (κ3) is 1.93. The molecule has 0 unspecified atom stereocenters. The van der Waals surface area contributed by atoms with Crippen molar-refractivity contribution in [1.29, 1.82) is 0 Å². The molecule has 2 aliphatic rings. The molecule has 0 aromatic carbocycles. The fraction of sp³-hybridized carbons (Fsp3) is 0.714. The molecule has 2 aliphatic carbocycles. The maximum atomic E-state index is 12.2. The summed E-state index contributed by atoms with van der Waals surface area (Å²) in [4.78, 5) is 16.3. The Morgan fingerprint density at radius 3 is 2.83 bits per heavy atom. The fourth-order valence-electron chi connectivity index (χ4n) is 3.72. The van der Waals surface area contributed by atoms with Crippen molar-refractivity contribution in [3.05, 3.63) is 17.3 Å².